The van der Waals surface area contributed by atoms with E-state index in [0.717, 1.165) is 5.92 Å². The highest BCUT2D eigenvalue weighted by Gasteiger charge is 2.61. The molecule has 1 N–H and O–H groups in total. The molecule has 3 unspecified atom stereocenters. The van der Waals surface area contributed by atoms with Crippen molar-refractivity contribution in [3.63, 3.8) is 0 Å². The van der Waals surface area contributed by atoms with Gasteiger partial charge in [-0.25, -0.2) is 0 Å². The normalized spacial score (nSPS) is 35.6. The quantitative estimate of drug-likeness (QED) is 0.770. The van der Waals surface area contributed by atoms with E-state index in [4.69, 9.17) is 0 Å². The average molecular weight is 322 g/mol. The summed E-state index contributed by atoms with van der Waals surface area (Å²) < 4.78 is 1.18. The van der Waals surface area contributed by atoms with Crippen molar-refractivity contribution in [3.05, 3.63) is 28.2 Å². The van der Waals surface area contributed by atoms with Crippen molar-refractivity contribution in [2.75, 3.05) is 5.32 Å². The predicted molar refractivity (Wildman–Crippen MR) is 85.5 cm³/mol. The summed E-state index contributed by atoms with van der Waals surface area (Å²) in [6.07, 6.45) is 4.10. The van der Waals surface area contributed by atoms with Gasteiger partial charge in [-0.2, -0.15) is 0 Å². The zero-order chi connectivity index (χ0) is 13.8. The summed E-state index contributed by atoms with van der Waals surface area (Å²) in [4.78, 5) is 0. The zero-order valence-electron chi connectivity index (χ0n) is 12.4. The molecule has 19 heavy (non-hydrogen) atoms. The smallest absolute Gasteiger partial charge is 0.0489 e. The first-order valence-corrected chi connectivity index (χ1v) is 8.16. The maximum absolute atomic E-state index is 3.83. The second kappa shape index (κ2) is 4.25. The topological polar surface area (TPSA) is 12.0 Å². The van der Waals surface area contributed by atoms with Crippen LogP contribution in [-0.4, -0.2) is 6.04 Å². The van der Waals surface area contributed by atoms with E-state index in [9.17, 15) is 0 Å². The maximum Gasteiger partial charge on any atom is 0.0489 e. The number of fused-ring (bicyclic) bond motifs is 2. The minimum Gasteiger partial charge on any atom is -0.381 e. The van der Waals surface area contributed by atoms with Gasteiger partial charge in [-0.3, -0.25) is 0 Å². The highest BCUT2D eigenvalue weighted by Crippen LogP contribution is 2.65. The second-order valence-electron chi connectivity index (χ2n) is 7.29. The Balaban J connectivity index is 1.88. The van der Waals surface area contributed by atoms with Gasteiger partial charge in [0.15, 0.2) is 0 Å². The summed E-state index contributed by atoms with van der Waals surface area (Å²) in [5.41, 5.74) is 3.48. The third-order valence-corrected chi connectivity index (χ3v) is 6.94. The Labute approximate surface area is 125 Å². The fraction of sp³-hybridized carbons (Fsp3) is 0.647. The Bertz CT molecular complexity index is 508. The highest BCUT2D eigenvalue weighted by molar-refractivity contribution is 9.10. The van der Waals surface area contributed by atoms with Crippen LogP contribution in [0.5, 0.6) is 0 Å². The number of nitrogens with one attached hydrogen (secondary N) is 1. The van der Waals surface area contributed by atoms with E-state index in [1.54, 1.807) is 0 Å². The van der Waals surface area contributed by atoms with E-state index in [1.165, 1.54) is 35.0 Å². The zero-order valence-corrected chi connectivity index (χ0v) is 14.0. The largest absolute Gasteiger partial charge is 0.381 e. The molecule has 1 aromatic rings. The Morgan fingerprint density at radius 1 is 1.26 bits per heavy atom. The van der Waals surface area contributed by atoms with E-state index in [0.29, 0.717) is 16.9 Å². The third kappa shape index (κ3) is 1.86. The van der Waals surface area contributed by atoms with E-state index in [-0.39, 0.29) is 0 Å². The molecule has 0 spiro atoms. The molecule has 0 saturated heterocycles. The van der Waals surface area contributed by atoms with E-state index < -0.39 is 0 Å². The first-order valence-electron chi connectivity index (χ1n) is 7.37. The van der Waals surface area contributed by atoms with Gasteiger partial charge in [-0.15, -0.1) is 0 Å². The molecule has 3 rings (SSSR count). The molecule has 2 aliphatic rings. The summed E-state index contributed by atoms with van der Waals surface area (Å²) in [7, 11) is 0. The third-order valence-electron chi connectivity index (χ3n) is 6.25. The van der Waals surface area contributed by atoms with Crippen LogP contribution in [0, 0.1) is 23.7 Å². The Morgan fingerprint density at radius 3 is 2.58 bits per heavy atom. The summed E-state index contributed by atoms with van der Waals surface area (Å²) >= 11 is 3.67. The molecule has 0 radical (unpaired) electrons. The Kier molecular flexibility index (Phi) is 3.01. The van der Waals surface area contributed by atoms with Crippen molar-refractivity contribution in [3.8, 4) is 0 Å². The maximum atomic E-state index is 3.83. The molecule has 0 aliphatic heterocycles. The van der Waals surface area contributed by atoms with Gasteiger partial charge in [0.2, 0.25) is 0 Å². The van der Waals surface area contributed by atoms with Crippen molar-refractivity contribution < 1.29 is 0 Å². The Morgan fingerprint density at radius 2 is 2.00 bits per heavy atom. The monoisotopic (exact) mass is 321 g/mol. The van der Waals surface area contributed by atoms with Crippen molar-refractivity contribution in [2.45, 2.75) is 53.0 Å². The molecule has 2 aliphatic carbocycles. The average Bonchev–Trinajstić information content (AvgIpc) is 2.67. The Hall–Kier alpha value is -0.500. The summed E-state index contributed by atoms with van der Waals surface area (Å²) in [6.45, 7) is 9.58. The van der Waals surface area contributed by atoms with Crippen LogP contribution in [0.1, 0.15) is 45.6 Å². The summed E-state index contributed by atoms with van der Waals surface area (Å²) in [5, 5.41) is 3.83. The molecular weight excluding hydrogens is 298 g/mol. The van der Waals surface area contributed by atoms with Crippen molar-refractivity contribution in [1.82, 2.24) is 0 Å². The fourth-order valence-electron chi connectivity index (χ4n) is 4.36. The van der Waals surface area contributed by atoms with Gasteiger partial charge in [0, 0.05) is 16.2 Å². The predicted octanol–water partition coefficient (Wildman–Crippen LogP) is 5.38. The molecule has 104 valence electrons. The van der Waals surface area contributed by atoms with Crippen LogP contribution in [0.15, 0.2) is 22.7 Å². The lowest BCUT2D eigenvalue weighted by atomic mass is 9.69. The summed E-state index contributed by atoms with van der Waals surface area (Å²) in [5.74, 6) is 0.888. The highest BCUT2D eigenvalue weighted by atomic mass is 79.9. The minimum absolute atomic E-state index is 0.431. The van der Waals surface area contributed by atoms with E-state index >= 15 is 0 Å². The number of rotatable bonds is 2. The molecular formula is C17H24BrN. The van der Waals surface area contributed by atoms with Crippen LogP contribution in [0.25, 0.3) is 0 Å². The van der Waals surface area contributed by atoms with Gasteiger partial charge in [0.1, 0.15) is 0 Å². The molecule has 2 heteroatoms. The molecule has 1 aromatic carbocycles. The molecule has 2 bridgehead atoms. The van der Waals surface area contributed by atoms with Gasteiger partial charge in [0.25, 0.3) is 0 Å². The van der Waals surface area contributed by atoms with Crippen molar-refractivity contribution in [1.29, 1.82) is 0 Å². The van der Waals surface area contributed by atoms with E-state index in [2.05, 4.69) is 67.1 Å². The van der Waals surface area contributed by atoms with Crippen LogP contribution >= 0.6 is 15.9 Å². The number of hydrogen-bond acceptors (Lipinski definition) is 1. The first kappa shape index (κ1) is 13.5. The molecule has 3 atom stereocenters. The number of aryl methyl sites for hydroxylation is 1. The van der Waals surface area contributed by atoms with Crippen LogP contribution in [0.3, 0.4) is 0 Å². The summed E-state index contributed by atoms with van der Waals surface area (Å²) in [6, 6.07) is 7.17. The molecule has 0 amide bonds. The molecule has 2 fully saturated rings. The number of anilines is 1. The lowest BCUT2D eigenvalue weighted by Gasteiger charge is -2.40. The van der Waals surface area contributed by atoms with Crippen molar-refractivity contribution in [2.24, 2.45) is 16.7 Å². The fourth-order valence-corrected chi connectivity index (χ4v) is 4.72. The molecule has 0 aromatic heterocycles. The van der Waals surface area contributed by atoms with Crippen molar-refractivity contribution >= 4 is 21.6 Å². The molecule has 2 saturated carbocycles. The number of hydrogen-bond donors (Lipinski definition) is 1. The van der Waals surface area contributed by atoms with Gasteiger partial charge >= 0.3 is 0 Å². The lowest BCUT2D eigenvalue weighted by Crippen LogP contribution is -2.40. The number of benzene rings is 1. The van der Waals surface area contributed by atoms with Gasteiger partial charge in [-0.05, 0) is 76.6 Å². The van der Waals surface area contributed by atoms with Gasteiger partial charge in [-0.1, -0.05) is 26.8 Å². The molecule has 0 heterocycles. The number of halogens is 1. The molecule has 1 nitrogen and oxygen atoms in total. The minimum atomic E-state index is 0.431. The second-order valence-corrected chi connectivity index (χ2v) is 8.15. The van der Waals surface area contributed by atoms with Gasteiger partial charge < -0.3 is 5.32 Å². The van der Waals surface area contributed by atoms with Crippen LogP contribution in [0.2, 0.25) is 0 Å². The standard InChI is InChI=1S/C17H24BrN/c1-11-5-6-13(18)14(9-11)19-15-10-12-7-8-17(15,4)16(12,2)3/h5-6,9,12,15,19H,7-8,10H2,1-4H3. The first-order chi connectivity index (χ1) is 8.84. The van der Waals surface area contributed by atoms with E-state index in [1.807, 2.05) is 0 Å². The van der Waals surface area contributed by atoms with Crippen LogP contribution in [0.4, 0.5) is 5.69 Å². The SMILES string of the molecule is Cc1ccc(Br)c(NC2CC3CCC2(C)C3(C)C)c1. The van der Waals surface area contributed by atoms with Crippen LogP contribution < -0.4 is 5.32 Å². The van der Waals surface area contributed by atoms with Gasteiger partial charge in [0.05, 0.1) is 0 Å². The lowest BCUT2D eigenvalue weighted by molar-refractivity contribution is 0.142. The van der Waals surface area contributed by atoms with Crippen LogP contribution in [-0.2, 0) is 0 Å².